The summed E-state index contributed by atoms with van der Waals surface area (Å²) < 4.78 is 16.5. The van der Waals surface area contributed by atoms with E-state index < -0.39 is 17.1 Å². The average Bonchev–Trinajstić information content (AvgIpc) is 3.14. The van der Waals surface area contributed by atoms with E-state index in [9.17, 15) is 23.6 Å². The summed E-state index contributed by atoms with van der Waals surface area (Å²) in [6.45, 7) is 1.33. The van der Waals surface area contributed by atoms with Crippen molar-refractivity contribution < 1.29 is 14.0 Å². The lowest BCUT2D eigenvalue weighted by Gasteiger charge is -2.38. The molecule has 9 nitrogen and oxygen atoms in total. The van der Waals surface area contributed by atoms with Gasteiger partial charge in [0.1, 0.15) is 12.4 Å². The van der Waals surface area contributed by atoms with Gasteiger partial charge in [0.05, 0.1) is 10.6 Å². The van der Waals surface area contributed by atoms with Crippen molar-refractivity contribution in [1.29, 1.82) is 0 Å². The number of carbonyl (C=O) groups is 2. The van der Waals surface area contributed by atoms with E-state index in [-0.39, 0.29) is 47.2 Å². The van der Waals surface area contributed by atoms with Crippen LogP contribution in [0.2, 0.25) is 5.02 Å². The Balaban J connectivity index is 1.32. The molecule has 1 fully saturated rings. The lowest BCUT2D eigenvalue weighted by molar-refractivity contribution is -0.133. The van der Waals surface area contributed by atoms with E-state index in [4.69, 9.17) is 11.6 Å². The highest BCUT2D eigenvalue weighted by Crippen LogP contribution is 2.28. The van der Waals surface area contributed by atoms with Crippen molar-refractivity contribution in [3.8, 4) is 11.1 Å². The molecule has 0 saturated carbocycles. The van der Waals surface area contributed by atoms with Gasteiger partial charge in [-0.3, -0.25) is 18.7 Å². The van der Waals surface area contributed by atoms with E-state index in [0.717, 1.165) is 22.2 Å². The molecule has 2 aromatic carbocycles. The number of amides is 3. The largest absolute Gasteiger partial charge is 0.341 e. The molecule has 0 spiro atoms. The minimum absolute atomic E-state index is 0.00810. The number of carbonyl (C=O) groups excluding carboxylic acids is 2. The first-order valence-corrected chi connectivity index (χ1v) is 15.3. The number of piperidine rings is 1. The van der Waals surface area contributed by atoms with Crippen molar-refractivity contribution in [2.75, 3.05) is 37.0 Å². The summed E-state index contributed by atoms with van der Waals surface area (Å²) >= 11 is 7.65. The fourth-order valence-corrected chi connectivity index (χ4v) is 6.05. The van der Waals surface area contributed by atoms with Gasteiger partial charge in [-0.2, -0.15) is 11.8 Å². The van der Waals surface area contributed by atoms with Crippen molar-refractivity contribution in [1.82, 2.24) is 18.9 Å². The first kappa shape index (κ1) is 28.9. The Kier molecular flexibility index (Phi) is 8.84. The van der Waals surface area contributed by atoms with Crippen LogP contribution in [0, 0.1) is 5.82 Å². The molecule has 3 aromatic rings. The van der Waals surface area contributed by atoms with Crippen molar-refractivity contribution in [3.63, 3.8) is 0 Å². The molecule has 2 aliphatic heterocycles. The molecule has 12 heteroatoms. The normalized spacial score (nSPS) is 15.8. The van der Waals surface area contributed by atoms with Gasteiger partial charge in [0.25, 0.3) is 5.56 Å². The SMILES string of the molecule is CSCCn1c(=O)c(-c2cccc(F)c2Cl)cn(CC(=O)N2CCC(N3CCc4ccccc4NC3=O)CC2)c1=O. The second-order valence-electron chi connectivity index (χ2n) is 10.1. The first-order chi connectivity index (χ1) is 19.8. The number of hydrogen-bond acceptors (Lipinski definition) is 5. The molecule has 3 amide bonds. The summed E-state index contributed by atoms with van der Waals surface area (Å²) in [6.07, 6.45) is 5.13. The number of fused-ring (bicyclic) bond motifs is 1. The topological polar surface area (TPSA) is 96.7 Å². The monoisotopic (exact) mass is 599 g/mol. The number of likely N-dealkylation sites (tertiary alicyclic amines) is 1. The molecule has 41 heavy (non-hydrogen) atoms. The molecular weight excluding hydrogens is 569 g/mol. The van der Waals surface area contributed by atoms with Gasteiger partial charge in [0.2, 0.25) is 5.91 Å². The number of hydrogen-bond donors (Lipinski definition) is 1. The van der Waals surface area contributed by atoms with Crippen LogP contribution < -0.4 is 16.6 Å². The zero-order chi connectivity index (χ0) is 29.1. The van der Waals surface area contributed by atoms with Crippen LogP contribution in [-0.2, 0) is 24.3 Å². The van der Waals surface area contributed by atoms with E-state index >= 15 is 0 Å². The summed E-state index contributed by atoms with van der Waals surface area (Å²) in [5.74, 6) is -0.450. The Morgan fingerprint density at radius 2 is 1.80 bits per heavy atom. The number of benzene rings is 2. The molecule has 1 N–H and O–H groups in total. The zero-order valence-corrected chi connectivity index (χ0v) is 24.2. The highest BCUT2D eigenvalue weighted by atomic mass is 35.5. The lowest BCUT2D eigenvalue weighted by atomic mass is 10.0. The summed E-state index contributed by atoms with van der Waals surface area (Å²) in [6, 6.07) is 11.8. The number of aromatic nitrogens is 2. The van der Waals surface area contributed by atoms with Crippen LogP contribution in [0.25, 0.3) is 11.1 Å². The number of anilines is 1. The van der Waals surface area contributed by atoms with Crippen molar-refractivity contribution in [3.05, 3.63) is 85.9 Å². The smallest absolute Gasteiger partial charge is 0.331 e. The highest BCUT2D eigenvalue weighted by molar-refractivity contribution is 7.98. The maximum Gasteiger partial charge on any atom is 0.331 e. The third-order valence-corrected chi connectivity index (χ3v) is 8.68. The van der Waals surface area contributed by atoms with Gasteiger partial charge in [0, 0.05) is 55.4 Å². The summed E-state index contributed by atoms with van der Waals surface area (Å²) in [5, 5.41) is 2.78. The van der Waals surface area contributed by atoms with E-state index in [1.165, 1.54) is 40.7 Å². The maximum absolute atomic E-state index is 14.2. The number of rotatable bonds is 7. The number of urea groups is 1. The number of thioether (sulfide) groups is 1. The fourth-order valence-electron chi connectivity index (χ4n) is 5.45. The Bertz CT molecular complexity index is 1580. The van der Waals surface area contributed by atoms with Gasteiger partial charge in [-0.1, -0.05) is 41.9 Å². The molecule has 0 radical (unpaired) electrons. The Morgan fingerprint density at radius 3 is 2.56 bits per heavy atom. The molecule has 0 unspecified atom stereocenters. The van der Waals surface area contributed by atoms with E-state index in [1.807, 2.05) is 35.4 Å². The summed E-state index contributed by atoms with van der Waals surface area (Å²) in [4.78, 5) is 56.3. The predicted octanol–water partition coefficient (Wildman–Crippen LogP) is 3.91. The molecule has 3 heterocycles. The molecule has 0 atom stereocenters. The highest BCUT2D eigenvalue weighted by Gasteiger charge is 2.31. The second kappa shape index (κ2) is 12.5. The molecule has 0 bridgehead atoms. The Morgan fingerprint density at radius 1 is 1.05 bits per heavy atom. The van der Waals surface area contributed by atoms with Crippen LogP contribution in [0.15, 0.2) is 58.3 Å². The van der Waals surface area contributed by atoms with Gasteiger partial charge in [-0.15, -0.1) is 0 Å². The minimum Gasteiger partial charge on any atom is -0.341 e. The van der Waals surface area contributed by atoms with Crippen LogP contribution in [0.1, 0.15) is 18.4 Å². The number of nitrogens with one attached hydrogen (secondary N) is 1. The fraction of sp³-hybridized carbons (Fsp3) is 0.379. The molecular formula is C29H31ClFN5O4S. The van der Waals surface area contributed by atoms with Gasteiger partial charge in [0.15, 0.2) is 0 Å². The number of para-hydroxylation sites is 1. The quantitative estimate of drug-likeness (QED) is 0.444. The average molecular weight is 600 g/mol. The van der Waals surface area contributed by atoms with Crippen LogP contribution >= 0.6 is 23.4 Å². The van der Waals surface area contributed by atoms with Crippen LogP contribution in [0.4, 0.5) is 14.9 Å². The number of nitrogens with zero attached hydrogens (tertiary/aromatic N) is 4. The zero-order valence-electron chi connectivity index (χ0n) is 22.6. The van der Waals surface area contributed by atoms with E-state index in [0.29, 0.717) is 38.2 Å². The lowest BCUT2D eigenvalue weighted by Crippen LogP contribution is -2.51. The maximum atomic E-state index is 14.2. The molecule has 0 aliphatic carbocycles. The number of halogens is 2. The van der Waals surface area contributed by atoms with Gasteiger partial charge < -0.3 is 15.1 Å². The molecule has 5 rings (SSSR count). The van der Waals surface area contributed by atoms with Gasteiger partial charge >= 0.3 is 11.7 Å². The molecule has 1 aromatic heterocycles. The predicted molar refractivity (Wildman–Crippen MR) is 159 cm³/mol. The molecule has 216 valence electrons. The third kappa shape index (κ3) is 6.06. The summed E-state index contributed by atoms with van der Waals surface area (Å²) in [5.41, 5.74) is 0.947. The standard InChI is InChI=1S/C29H31ClFN5O4S/c1-41-16-15-36-27(38)22(21-6-4-7-23(31)26(21)30)17-34(29(36)40)18-25(37)33-12-10-20(11-13-33)35-14-9-19-5-2-3-8-24(19)32-28(35)39/h2-8,17,20H,9-16,18H2,1H3,(H,32,39). The van der Waals surface area contributed by atoms with Crippen molar-refractivity contribution in [2.45, 2.75) is 38.4 Å². The van der Waals surface area contributed by atoms with E-state index in [1.54, 1.807) is 4.90 Å². The van der Waals surface area contributed by atoms with Gasteiger partial charge in [-0.05, 0) is 43.2 Å². The van der Waals surface area contributed by atoms with Crippen molar-refractivity contribution in [2.24, 2.45) is 0 Å². The third-order valence-electron chi connectivity index (χ3n) is 7.70. The van der Waals surface area contributed by atoms with E-state index in [2.05, 4.69) is 5.32 Å². The Labute approximate surface area is 245 Å². The Hall–Kier alpha value is -3.57. The van der Waals surface area contributed by atoms with Crippen LogP contribution in [0.3, 0.4) is 0 Å². The first-order valence-electron chi connectivity index (χ1n) is 13.5. The molecule has 2 aliphatic rings. The van der Waals surface area contributed by atoms with Crippen molar-refractivity contribution >= 4 is 41.0 Å². The van der Waals surface area contributed by atoms with Gasteiger partial charge in [-0.25, -0.2) is 14.0 Å². The minimum atomic E-state index is -0.683. The van der Waals surface area contributed by atoms with Crippen LogP contribution in [-0.4, -0.2) is 68.6 Å². The summed E-state index contributed by atoms with van der Waals surface area (Å²) in [7, 11) is 0. The molecule has 1 saturated heterocycles. The second-order valence-corrected chi connectivity index (χ2v) is 11.5. The van der Waals surface area contributed by atoms with Crippen LogP contribution in [0.5, 0.6) is 0 Å².